The molecule has 0 aliphatic carbocycles. The number of para-hydroxylation sites is 1. The molecule has 0 N–H and O–H groups in total. The Balaban J connectivity index is 2.11. The van der Waals surface area contributed by atoms with Crippen LogP contribution in [0, 0.1) is 5.82 Å². The summed E-state index contributed by atoms with van der Waals surface area (Å²) < 4.78 is 45.0. The molecule has 0 unspecified atom stereocenters. The summed E-state index contributed by atoms with van der Waals surface area (Å²) in [6, 6.07) is 10.4. The Hall–Kier alpha value is -3.20. The van der Waals surface area contributed by atoms with Crippen molar-refractivity contribution in [1.82, 2.24) is 4.57 Å². The maximum Gasteiger partial charge on any atom is 0.340 e. The summed E-state index contributed by atoms with van der Waals surface area (Å²) in [5, 5.41) is 0.507. The van der Waals surface area contributed by atoms with E-state index in [-0.39, 0.29) is 11.3 Å². The fraction of sp³-hybridized carbons (Fsp3) is 0.200. The second-order valence-corrected chi connectivity index (χ2v) is 8.33. The highest BCUT2D eigenvalue weighted by Crippen LogP contribution is 2.26. The van der Waals surface area contributed by atoms with Crippen LogP contribution in [0.1, 0.15) is 22.1 Å². The van der Waals surface area contributed by atoms with Crippen LogP contribution in [0.5, 0.6) is 0 Å². The first-order valence-electron chi connectivity index (χ1n) is 8.62. The van der Waals surface area contributed by atoms with Crippen molar-refractivity contribution in [3.63, 3.8) is 0 Å². The van der Waals surface area contributed by atoms with Crippen molar-refractivity contribution in [3.8, 4) is 0 Å². The number of hydrogen-bond donors (Lipinski definition) is 0. The third kappa shape index (κ3) is 3.86. The predicted octanol–water partition coefficient (Wildman–Crippen LogP) is 3.06. The zero-order valence-electron chi connectivity index (χ0n) is 16.0. The Morgan fingerprint density at radius 1 is 1.10 bits per heavy atom. The van der Waals surface area contributed by atoms with E-state index < -0.39 is 33.8 Å². The van der Waals surface area contributed by atoms with E-state index in [0.29, 0.717) is 10.9 Å². The number of nitrogens with zero attached hydrogens (tertiary/aromatic N) is 2. The maximum absolute atomic E-state index is 13.3. The molecule has 0 aliphatic rings. The molecular formula is C20H19FN2O5S. The van der Waals surface area contributed by atoms with Crippen LogP contribution in [0.3, 0.4) is 0 Å². The van der Waals surface area contributed by atoms with E-state index in [0.717, 1.165) is 22.7 Å². The van der Waals surface area contributed by atoms with Gasteiger partial charge in [0.1, 0.15) is 11.9 Å². The summed E-state index contributed by atoms with van der Waals surface area (Å²) in [4.78, 5) is 25.3. The molecule has 3 aromatic rings. The van der Waals surface area contributed by atoms with Gasteiger partial charge in [0, 0.05) is 11.6 Å². The van der Waals surface area contributed by atoms with Crippen molar-refractivity contribution >= 4 is 38.5 Å². The topological polar surface area (TPSA) is 85.7 Å². The van der Waals surface area contributed by atoms with Crippen molar-refractivity contribution < 1.29 is 27.1 Å². The number of sulfonamides is 1. The third-order valence-electron chi connectivity index (χ3n) is 4.50. The average Bonchev–Trinajstić information content (AvgIpc) is 3.07. The number of halogens is 1. The minimum atomic E-state index is -3.87. The van der Waals surface area contributed by atoms with Gasteiger partial charge in [0.2, 0.25) is 10.0 Å². The Labute approximate surface area is 167 Å². The summed E-state index contributed by atoms with van der Waals surface area (Å²) in [5.74, 6) is -1.72. The molecule has 152 valence electrons. The highest BCUT2D eigenvalue weighted by molar-refractivity contribution is 7.92. The van der Waals surface area contributed by atoms with Gasteiger partial charge >= 0.3 is 5.97 Å². The molecule has 29 heavy (non-hydrogen) atoms. The molecule has 0 saturated carbocycles. The molecule has 1 aromatic heterocycles. The minimum Gasteiger partial charge on any atom is -0.465 e. The van der Waals surface area contributed by atoms with Gasteiger partial charge in [-0.1, -0.05) is 18.2 Å². The monoisotopic (exact) mass is 418 g/mol. The first-order chi connectivity index (χ1) is 13.6. The smallest absolute Gasteiger partial charge is 0.340 e. The van der Waals surface area contributed by atoms with Crippen LogP contribution in [0.4, 0.5) is 10.1 Å². The fourth-order valence-corrected chi connectivity index (χ4v) is 4.40. The maximum atomic E-state index is 13.3. The number of anilines is 1. The summed E-state index contributed by atoms with van der Waals surface area (Å²) in [7, 11) is -2.63. The highest BCUT2D eigenvalue weighted by atomic mass is 32.2. The Kier molecular flexibility index (Phi) is 5.43. The SMILES string of the molecule is COC(=O)c1cn(C(=O)[C@H](C)N(c2ccc(F)cc2)S(C)(=O)=O)c2ccccc12. The van der Waals surface area contributed by atoms with Gasteiger partial charge in [-0.05, 0) is 37.3 Å². The Morgan fingerprint density at radius 2 is 1.72 bits per heavy atom. The van der Waals surface area contributed by atoms with Crippen molar-refractivity contribution in [3.05, 3.63) is 66.1 Å². The molecule has 0 amide bonds. The largest absolute Gasteiger partial charge is 0.465 e. The molecule has 0 spiro atoms. The normalized spacial score (nSPS) is 12.6. The number of carbonyl (C=O) groups excluding carboxylic acids is 2. The van der Waals surface area contributed by atoms with Crippen LogP contribution in [0.25, 0.3) is 10.9 Å². The zero-order chi connectivity index (χ0) is 21.3. The number of methoxy groups -OCH3 is 1. The lowest BCUT2D eigenvalue weighted by Gasteiger charge is -2.28. The predicted molar refractivity (Wildman–Crippen MR) is 107 cm³/mol. The number of rotatable bonds is 5. The van der Waals surface area contributed by atoms with Crippen molar-refractivity contribution in [2.45, 2.75) is 13.0 Å². The van der Waals surface area contributed by atoms with Gasteiger partial charge in [0.15, 0.2) is 0 Å². The van der Waals surface area contributed by atoms with Crippen LogP contribution in [-0.2, 0) is 14.8 Å². The molecular weight excluding hydrogens is 399 g/mol. The minimum absolute atomic E-state index is 0.152. The van der Waals surface area contributed by atoms with Gasteiger partial charge in [-0.3, -0.25) is 13.7 Å². The second-order valence-electron chi connectivity index (χ2n) is 6.47. The number of esters is 1. The third-order valence-corrected chi connectivity index (χ3v) is 5.74. The van der Waals surface area contributed by atoms with Crippen LogP contribution in [0.2, 0.25) is 0 Å². The fourth-order valence-electron chi connectivity index (χ4n) is 3.23. The highest BCUT2D eigenvalue weighted by Gasteiger charge is 2.31. The second kappa shape index (κ2) is 7.67. The summed E-state index contributed by atoms with van der Waals surface area (Å²) in [6.07, 6.45) is 2.30. The lowest BCUT2D eigenvalue weighted by molar-refractivity contribution is 0.0603. The molecule has 0 radical (unpaired) electrons. The lowest BCUT2D eigenvalue weighted by atomic mass is 10.2. The summed E-state index contributed by atoms with van der Waals surface area (Å²) in [6.45, 7) is 1.43. The molecule has 3 rings (SSSR count). The molecule has 0 aliphatic heterocycles. The van der Waals surface area contributed by atoms with Crippen LogP contribution in [-0.4, -0.2) is 44.3 Å². The number of ether oxygens (including phenoxy) is 1. The molecule has 1 heterocycles. The average molecular weight is 418 g/mol. The first-order valence-corrected chi connectivity index (χ1v) is 10.5. The van der Waals surface area contributed by atoms with Crippen molar-refractivity contribution in [1.29, 1.82) is 0 Å². The van der Waals surface area contributed by atoms with E-state index in [1.54, 1.807) is 24.3 Å². The molecule has 0 fully saturated rings. The summed E-state index contributed by atoms with van der Waals surface area (Å²) in [5.41, 5.74) is 0.785. The van der Waals surface area contributed by atoms with Gasteiger partial charge in [0.05, 0.1) is 30.1 Å². The number of aromatic nitrogens is 1. The molecule has 9 heteroatoms. The van der Waals surface area contributed by atoms with Crippen molar-refractivity contribution in [2.75, 3.05) is 17.7 Å². The summed E-state index contributed by atoms with van der Waals surface area (Å²) >= 11 is 0. The number of fused-ring (bicyclic) bond motifs is 1. The Morgan fingerprint density at radius 3 is 2.31 bits per heavy atom. The number of carbonyl (C=O) groups is 2. The lowest BCUT2D eigenvalue weighted by Crippen LogP contribution is -2.44. The number of benzene rings is 2. The van der Waals surface area contributed by atoms with Gasteiger partial charge in [-0.15, -0.1) is 0 Å². The molecule has 0 saturated heterocycles. The van der Waals surface area contributed by atoms with Crippen LogP contribution in [0.15, 0.2) is 54.7 Å². The van der Waals surface area contributed by atoms with E-state index >= 15 is 0 Å². The van der Waals surface area contributed by atoms with Gasteiger partial charge in [0.25, 0.3) is 5.91 Å². The zero-order valence-corrected chi connectivity index (χ0v) is 16.8. The van der Waals surface area contributed by atoms with E-state index in [1.807, 2.05) is 0 Å². The standard InChI is InChI=1S/C20H19FN2O5S/c1-13(23(29(3,26)27)15-10-8-14(21)9-11-15)19(24)22-12-17(20(25)28-2)16-6-4-5-7-18(16)22/h4-13H,1-3H3/t13-/m0/s1. The quantitative estimate of drug-likeness (QED) is 0.595. The van der Waals surface area contributed by atoms with Crippen molar-refractivity contribution in [2.24, 2.45) is 0 Å². The van der Waals surface area contributed by atoms with E-state index in [2.05, 4.69) is 0 Å². The molecule has 1 atom stereocenters. The van der Waals surface area contributed by atoms with Gasteiger partial charge < -0.3 is 4.74 Å². The van der Waals surface area contributed by atoms with Gasteiger partial charge in [-0.2, -0.15) is 0 Å². The van der Waals surface area contributed by atoms with Crippen LogP contribution >= 0.6 is 0 Å². The first kappa shape index (κ1) is 20.5. The van der Waals surface area contributed by atoms with Gasteiger partial charge in [-0.25, -0.2) is 17.6 Å². The van der Waals surface area contributed by atoms with Crippen LogP contribution < -0.4 is 4.31 Å². The van der Waals surface area contributed by atoms with E-state index in [9.17, 15) is 22.4 Å². The van der Waals surface area contributed by atoms with E-state index in [4.69, 9.17) is 4.74 Å². The molecule has 7 nitrogen and oxygen atoms in total. The number of hydrogen-bond acceptors (Lipinski definition) is 5. The molecule has 0 bridgehead atoms. The molecule has 2 aromatic carbocycles. The van der Waals surface area contributed by atoms with E-state index in [1.165, 1.54) is 36.9 Å². The Bertz CT molecular complexity index is 1190.